The van der Waals surface area contributed by atoms with Gasteiger partial charge in [0, 0.05) is 18.5 Å². The van der Waals surface area contributed by atoms with Crippen molar-refractivity contribution >= 4 is 28.3 Å². The molecule has 0 fully saturated rings. The van der Waals surface area contributed by atoms with Crippen molar-refractivity contribution < 1.29 is 18.4 Å². The maximum atomic E-state index is 13.6. The van der Waals surface area contributed by atoms with E-state index >= 15 is 0 Å². The first-order chi connectivity index (χ1) is 10.8. The maximum Gasteiger partial charge on any atom is 0.273 e. The van der Waals surface area contributed by atoms with E-state index < -0.39 is 23.1 Å². The molecule has 1 aromatic carbocycles. The number of rotatable bonds is 4. The first-order valence-electron chi connectivity index (χ1n) is 6.79. The molecule has 8 heteroatoms. The van der Waals surface area contributed by atoms with Gasteiger partial charge in [-0.05, 0) is 26.0 Å². The minimum Gasteiger partial charge on any atom is -0.338 e. The average molecular weight is 339 g/mol. The third-order valence-corrected chi connectivity index (χ3v) is 3.99. The van der Waals surface area contributed by atoms with Crippen molar-refractivity contribution in [2.75, 3.05) is 12.4 Å². The van der Waals surface area contributed by atoms with Crippen molar-refractivity contribution in [3.63, 3.8) is 0 Å². The summed E-state index contributed by atoms with van der Waals surface area (Å²) in [6, 6.07) is 3.15. The van der Waals surface area contributed by atoms with Gasteiger partial charge >= 0.3 is 0 Å². The van der Waals surface area contributed by atoms with Gasteiger partial charge in [0.25, 0.3) is 11.8 Å². The van der Waals surface area contributed by atoms with Crippen LogP contribution in [0.3, 0.4) is 0 Å². The van der Waals surface area contributed by atoms with Gasteiger partial charge < -0.3 is 4.90 Å². The van der Waals surface area contributed by atoms with Crippen LogP contribution in [0.1, 0.15) is 34.7 Å². The van der Waals surface area contributed by atoms with E-state index in [9.17, 15) is 18.4 Å². The summed E-state index contributed by atoms with van der Waals surface area (Å²) < 4.78 is 27.1. The molecule has 0 aliphatic heterocycles. The summed E-state index contributed by atoms with van der Waals surface area (Å²) in [5.41, 5.74) is -0.523. The van der Waals surface area contributed by atoms with Crippen LogP contribution in [0.4, 0.5) is 13.9 Å². The topological polar surface area (TPSA) is 62.3 Å². The number of halogens is 2. The molecule has 1 heterocycles. The van der Waals surface area contributed by atoms with E-state index in [1.54, 1.807) is 7.05 Å². The van der Waals surface area contributed by atoms with Crippen LogP contribution < -0.4 is 5.32 Å². The molecule has 0 saturated carbocycles. The van der Waals surface area contributed by atoms with Gasteiger partial charge in [-0.25, -0.2) is 13.8 Å². The molecule has 122 valence electrons. The van der Waals surface area contributed by atoms with Crippen molar-refractivity contribution in [2.24, 2.45) is 0 Å². The van der Waals surface area contributed by atoms with Crippen LogP contribution in [0.15, 0.2) is 23.6 Å². The van der Waals surface area contributed by atoms with Crippen molar-refractivity contribution in [3.8, 4) is 0 Å². The zero-order valence-electron chi connectivity index (χ0n) is 12.8. The Morgan fingerprint density at radius 2 is 1.87 bits per heavy atom. The Hall–Kier alpha value is -2.35. The summed E-state index contributed by atoms with van der Waals surface area (Å²) in [5.74, 6) is -3.18. The van der Waals surface area contributed by atoms with Gasteiger partial charge in [0.15, 0.2) is 5.13 Å². The van der Waals surface area contributed by atoms with Gasteiger partial charge in [0.2, 0.25) is 0 Å². The molecule has 2 rings (SSSR count). The molecule has 0 aliphatic rings. The number of hydrogen-bond acceptors (Lipinski definition) is 4. The number of carbonyl (C=O) groups is 2. The molecule has 0 spiro atoms. The van der Waals surface area contributed by atoms with Crippen LogP contribution in [0.25, 0.3) is 0 Å². The second kappa shape index (κ2) is 6.82. The zero-order valence-corrected chi connectivity index (χ0v) is 13.6. The van der Waals surface area contributed by atoms with Crippen molar-refractivity contribution in [1.82, 2.24) is 9.88 Å². The minimum atomic E-state index is -0.963. The Balaban J connectivity index is 2.16. The molecular formula is C15H15F2N3O2S. The minimum absolute atomic E-state index is 0.00486. The van der Waals surface area contributed by atoms with Crippen LogP contribution >= 0.6 is 11.3 Å². The Kier molecular flexibility index (Phi) is 5.05. The fourth-order valence-electron chi connectivity index (χ4n) is 1.72. The average Bonchev–Trinajstić information content (AvgIpc) is 2.93. The highest BCUT2D eigenvalue weighted by Gasteiger charge is 2.21. The fraction of sp³-hybridized carbons (Fsp3) is 0.267. The van der Waals surface area contributed by atoms with Gasteiger partial charge in [0.05, 0.1) is 0 Å². The predicted octanol–water partition coefficient (Wildman–Crippen LogP) is 3.15. The number of amides is 2. The second-order valence-corrected chi connectivity index (χ2v) is 5.96. The number of benzene rings is 1. The van der Waals surface area contributed by atoms with E-state index in [1.807, 2.05) is 13.8 Å². The molecule has 2 aromatic rings. The third-order valence-electron chi connectivity index (χ3n) is 3.23. The Labute approximate surface area is 136 Å². The van der Waals surface area contributed by atoms with E-state index in [1.165, 1.54) is 16.3 Å². The predicted molar refractivity (Wildman–Crippen MR) is 83.7 cm³/mol. The monoisotopic (exact) mass is 339 g/mol. The van der Waals surface area contributed by atoms with E-state index in [-0.39, 0.29) is 22.8 Å². The Morgan fingerprint density at radius 1 is 1.26 bits per heavy atom. The molecule has 1 aromatic heterocycles. The SMILES string of the molecule is CC(C)N(C)C(=O)c1csc(NC(=O)c2c(F)cccc2F)n1. The summed E-state index contributed by atoms with van der Waals surface area (Å²) in [4.78, 5) is 29.5. The Morgan fingerprint density at radius 3 is 2.43 bits per heavy atom. The lowest BCUT2D eigenvalue weighted by Crippen LogP contribution is -2.33. The number of thiazole rings is 1. The van der Waals surface area contributed by atoms with Gasteiger partial charge in [-0.2, -0.15) is 0 Å². The largest absolute Gasteiger partial charge is 0.338 e. The summed E-state index contributed by atoms with van der Waals surface area (Å²) in [7, 11) is 1.64. The van der Waals surface area contributed by atoms with E-state index in [4.69, 9.17) is 0 Å². The molecule has 0 radical (unpaired) electrons. The van der Waals surface area contributed by atoms with E-state index in [0.29, 0.717) is 0 Å². The number of carbonyl (C=O) groups excluding carboxylic acids is 2. The number of anilines is 1. The number of nitrogens with zero attached hydrogens (tertiary/aromatic N) is 2. The molecular weight excluding hydrogens is 324 g/mol. The first-order valence-corrected chi connectivity index (χ1v) is 7.67. The summed E-state index contributed by atoms with van der Waals surface area (Å²) in [6.45, 7) is 3.71. The third kappa shape index (κ3) is 3.70. The number of aromatic nitrogens is 1. The van der Waals surface area contributed by atoms with Crippen LogP contribution in [-0.2, 0) is 0 Å². The number of nitrogens with one attached hydrogen (secondary N) is 1. The molecule has 0 unspecified atom stereocenters. The van der Waals surface area contributed by atoms with Crippen molar-refractivity contribution in [3.05, 3.63) is 46.5 Å². The van der Waals surface area contributed by atoms with Crippen LogP contribution in [0, 0.1) is 11.6 Å². The van der Waals surface area contributed by atoms with Gasteiger partial charge in [-0.3, -0.25) is 14.9 Å². The molecule has 1 N–H and O–H groups in total. The maximum absolute atomic E-state index is 13.6. The molecule has 0 aliphatic carbocycles. The fourth-order valence-corrected chi connectivity index (χ4v) is 2.40. The van der Waals surface area contributed by atoms with Crippen molar-refractivity contribution in [2.45, 2.75) is 19.9 Å². The van der Waals surface area contributed by atoms with Crippen LogP contribution in [0.5, 0.6) is 0 Å². The first kappa shape index (κ1) is 17.0. The standard InChI is InChI=1S/C15H15F2N3O2S/c1-8(2)20(3)14(22)11-7-23-15(18-11)19-13(21)12-9(16)5-4-6-10(12)17/h4-8H,1-3H3,(H,18,19,21). The van der Waals surface area contributed by atoms with Gasteiger partial charge in [-0.15, -0.1) is 11.3 Å². The highest BCUT2D eigenvalue weighted by molar-refractivity contribution is 7.14. The highest BCUT2D eigenvalue weighted by Crippen LogP contribution is 2.20. The molecule has 0 bridgehead atoms. The quantitative estimate of drug-likeness (QED) is 0.931. The highest BCUT2D eigenvalue weighted by atomic mass is 32.1. The summed E-state index contributed by atoms with van der Waals surface area (Å²) >= 11 is 1.01. The van der Waals surface area contributed by atoms with Gasteiger partial charge in [0.1, 0.15) is 22.9 Å². The lowest BCUT2D eigenvalue weighted by atomic mass is 10.2. The lowest BCUT2D eigenvalue weighted by molar-refractivity contribution is 0.0749. The molecule has 0 atom stereocenters. The van der Waals surface area contributed by atoms with E-state index in [0.717, 1.165) is 23.5 Å². The molecule has 0 saturated heterocycles. The summed E-state index contributed by atoms with van der Waals surface area (Å²) in [5, 5.41) is 3.88. The lowest BCUT2D eigenvalue weighted by Gasteiger charge is -2.19. The smallest absolute Gasteiger partial charge is 0.273 e. The molecule has 2 amide bonds. The van der Waals surface area contributed by atoms with Crippen LogP contribution in [0.2, 0.25) is 0 Å². The molecule has 5 nitrogen and oxygen atoms in total. The normalized spacial score (nSPS) is 10.7. The zero-order chi connectivity index (χ0) is 17.1. The van der Waals surface area contributed by atoms with Crippen molar-refractivity contribution in [1.29, 1.82) is 0 Å². The van der Waals surface area contributed by atoms with E-state index in [2.05, 4.69) is 10.3 Å². The number of hydrogen-bond donors (Lipinski definition) is 1. The second-order valence-electron chi connectivity index (χ2n) is 5.10. The Bertz CT molecular complexity index is 726. The summed E-state index contributed by atoms with van der Waals surface area (Å²) in [6.07, 6.45) is 0. The van der Waals surface area contributed by atoms with Crippen LogP contribution in [-0.4, -0.2) is 34.8 Å². The van der Waals surface area contributed by atoms with Gasteiger partial charge in [-0.1, -0.05) is 6.07 Å². The molecule has 23 heavy (non-hydrogen) atoms.